The molecule has 0 spiro atoms. The maximum atomic E-state index is 11.5. The predicted molar refractivity (Wildman–Crippen MR) is 75.3 cm³/mol. The van der Waals surface area contributed by atoms with Gasteiger partial charge in [-0.05, 0) is 36.4 Å². The third-order valence-corrected chi connectivity index (χ3v) is 3.25. The average molecular weight is 289 g/mol. The monoisotopic (exact) mass is 288 g/mol. The molecular formula is C15H9ClO4. The first-order valence-corrected chi connectivity index (χ1v) is 6.19. The molecule has 20 heavy (non-hydrogen) atoms. The summed E-state index contributed by atoms with van der Waals surface area (Å²) >= 11 is 5.82. The molecule has 0 radical (unpaired) electrons. The number of halogens is 1. The van der Waals surface area contributed by atoms with E-state index in [-0.39, 0.29) is 17.1 Å². The Morgan fingerprint density at radius 2 is 1.80 bits per heavy atom. The lowest BCUT2D eigenvalue weighted by atomic mass is 10.1. The van der Waals surface area contributed by atoms with Crippen LogP contribution >= 0.6 is 11.6 Å². The third-order valence-electron chi connectivity index (χ3n) is 2.99. The van der Waals surface area contributed by atoms with Gasteiger partial charge in [0.25, 0.3) is 0 Å². The minimum Gasteiger partial charge on any atom is -0.508 e. The van der Waals surface area contributed by atoms with Crippen LogP contribution in [-0.4, -0.2) is 16.2 Å². The maximum Gasteiger partial charge on any atom is 0.340 e. The molecular weight excluding hydrogens is 280 g/mol. The van der Waals surface area contributed by atoms with Crippen molar-refractivity contribution in [2.75, 3.05) is 0 Å². The van der Waals surface area contributed by atoms with E-state index in [9.17, 15) is 15.0 Å². The first-order valence-electron chi connectivity index (χ1n) is 5.81. The number of phenols is 1. The molecule has 3 rings (SSSR count). The Hall–Kier alpha value is -2.46. The van der Waals surface area contributed by atoms with Crippen molar-refractivity contribution >= 4 is 28.5 Å². The lowest BCUT2D eigenvalue weighted by Crippen LogP contribution is -1.96. The Bertz CT molecular complexity index is 803. The van der Waals surface area contributed by atoms with Gasteiger partial charge in [-0.1, -0.05) is 11.6 Å². The van der Waals surface area contributed by atoms with Gasteiger partial charge in [-0.2, -0.15) is 0 Å². The van der Waals surface area contributed by atoms with E-state index in [1.165, 1.54) is 18.2 Å². The summed E-state index contributed by atoms with van der Waals surface area (Å²) in [6.45, 7) is 0. The van der Waals surface area contributed by atoms with Crippen molar-refractivity contribution in [3.05, 3.63) is 53.1 Å². The zero-order valence-corrected chi connectivity index (χ0v) is 10.9. The predicted octanol–water partition coefficient (Wildman–Crippen LogP) is 4.16. The average Bonchev–Trinajstić information content (AvgIpc) is 2.77. The number of benzene rings is 2. The van der Waals surface area contributed by atoms with Crippen molar-refractivity contribution in [3.63, 3.8) is 0 Å². The first-order chi connectivity index (χ1) is 9.56. The molecule has 0 saturated heterocycles. The van der Waals surface area contributed by atoms with Gasteiger partial charge in [0.2, 0.25) is 0 Å². The van der Waals surface area contributed by atoms with Crippen LogP contribution in [0.15, 0.2) is 46.9 Å². The lowest BCUT2D eigenvalue weighted by Gasteiger charge is -1.99. The Kier molecular flexibility index (Phi) is 2.88. The summed E-state index contributed by atoms with van der Waals surface area (Å²) in [6, 6.07) is 11.0. The van der Waals surface area contributed by atoms with Crippen LogP contribution in [0.5, 0.6) is 5.75 Å². The largest absolute Gasteiger partial charge is 0.508 e. The van der Waals surface area contributed by atoms with Crippen molar-refractivity contribution in [1.82, 2.24) is 0 Å². The van der Waals surface area contributed by atoms with Gasteiger partial charge in [-0.15, -0.1) is 0 Å². The van der Waals surface area contributed by atoms with E-state index >= 15 is 0 Å². The van der Waals surface area contributed by atoms with Gasteiger partial charge in [0, 0.05) is 22.0 Å². The smallest absolute Gasteiger partial charge is 0.340 e. The highest BCUT2D eigenvalue weighted by Crippen LogP contribution is 2.35. The molecule has 0 unspecified atom stereocenters. The second-order valence-electron chi connectivity index (χ2n) is 4.30. The second kappa shape index (κ2) is 4.58. The normalized spacial score (nSPS) is 10.8. The van der Waals surface area contributed by atoms with E-state index in [4.69, 9.17) is 16.0 Å². The number of carboxylic acids is 1. The number of carboxylic acid groups (broad SMARTS) is 1. The van der Waals surface area contributed by atoms with Crippen LogP contribution in [0.4, 0.5) is 0 Å². The second-order valence-corrected chi connectivity index (χ2v) is 4.74. The van der Waals surface area contributed by atoms with Crippen LogP contribution in [0.25, 0.3) is 22.3 Å². The van der Waals surface area contributed by atoms with Crippen molar-refractivity contribution in [2.45, 2.75) is 0 Å². The van der Waals surface area contributed by atoms with E-state index < -0.39 is 5.97 Å². The number of hydrogen-bond donors (Lipinski definition) is 2. The number of furan rings is 1. The molecule has 2 N–H and O–H groups in total. The highest BCUT2D eigenvalue weighted by Gasteiger charge is 2.21. The van der Waals surface area contributed by atoms with Crippen LogP contribution < -0.4 is 0 Å². The quantitative estimate of drug-likeness (QED) is 0.743. The fourth-order valence-electron chi connectivity index (χ4n) is 2.10. The van der Waals surface area contributed by atoms with Gasteiger partial charge in [-0.25, -0.2) is 4.79 Å². The van der Waals surface area contributed by atoms with Gasteiger partial charge in [0.1, 0.15) is 22.7 Å². The fraction of sp³-hybridized carbons (Fsp3) is 0. The Morgan fingerprint density at radius 3 is 2.45 bits per heavy atom. The van der Waals surface area contributed by atoms with Gasteiger partial charge in [0.15, 0.2) is 0 Å². The Morgan fingerprint density at radius 1 is 1.10 bits per heavy atom. The van der Waals surface area contributed by atoms with E-state index in [2.05, 4.69) is 0 Å². The molecule has 0 amide bonds. The molecule has 0 atom stereocenters. The molecule has 1 heterocycles. The van der Waals surface area contributed by atoms with Gasteiger partial charge < -0.3 is 14.6 Å². The number of rotatable bonds is 2. The van der Waals surface area contributed by atoms with Crippen LogP contribution in [-0.2, 0) is 0 Å². The summed E-state index contributed by atoms with van der Waals surface area (Å²) in [5.41, 5.74) is 1.01. The molecule has 1 aromatic heterocycles. The molecule has 0 fully saturated rings. The van der Waals surface area contributed by atoms with E-state index in [1.54, 1.807) is 24.3 Å². The minimum atomic E-state index is -1.08. The zero-order valence-electron chi connectivity index (χ0n) is 10.1. The van der Waals surface area contributed by atoms with Crippen LogP contribution in [0.1, 0.15) is 10.4 Å². The minimum absolute atomic E-state index is 0.0193. The van der Waals surface area contributed by atoms with Gasteiger partial charge in [0.05, 0.1) is 0 Å². The maximum absolute atomic E-state index is 11.5. The van der Waals surface area contributed by atoms with Crippen LogP contribution in [0, 0.1) is 0 Å². The number of hydrogen-bond acceptors (Lipinski definition) is 3. The summed E-state index contributed by atoms with van der Waals surface area (Å²) < 4.78 is 5.58. The molecule has 0 aliphatic carbocycles. The molecule has 100 valence electrons. The number of fused-ring (bicyclic) bond motifs is 1. The van der Waals surface area contributed by atoms with Crippen molar-refractivity contribution in [2.24, 2.45) is 0 Å². The Balaban J connectivity index is 2.31. The van der Waals surface area contributed by atoms with E-state index in [0.717, 1.165) is 0 Å². The van der Waals surface area contributed by atoms with Crippen molar-refractivity contribution < 1.29 is 19.4 Å². The zero-order chi connectivity index (χ0) is 14.3. The van der Waals surface area contributed by atoms with E-state index in [0.29, 0.717) is 21.6 Å². The number of aromatic hydroxyl groups is 1. The summed E-state index contributed by atoms with van der Waals surface area (Å²) in [5, 5.41) is 19.8. The molecule has 0 bridgehead atoms. The number of aromatic carboxylic acids is 1. The molecule has 3 aromatic rings. The van der Waals surface area contributed by atoms with Gasteiger partial charge in [-0.3, -0.25) is 0 Å². The molecule has 0 saturated carbocycles. The lowest BCUT2D eigenvalue weighted by molar-refractivity contribution is 0.0699. The van der Waals surface area contributed by atoms with Crippen LogP contribution in [0.2, 0.25) is 5.02 Å². The molecule has 0 aliphatic heterocycles. The summed E-state index contributed by atoms with van der Waals surface area (Å²) in [7, 11) is 0. The molecule has 4 nitrogen and oxygen atoms in total. The van der Waals surface area contributed by atoms with E-state index in [1.807, 2.05) is 0 Å². The summed E-state index contributed by atoms with van der Waals surface area (Å²) in [5.74, 6) is -0.819. The number of phenolic OH excluding ortho intramolecular Hbond substituents is 1. The third kappa shape index (κ3) is 2.00. The van der Waals surface area contributed by atoms with Crippen LogP contribution in [0.3, 0.4) is 0 Å². The molecule has 2 aromatic carbocycles. The summed E-state index contributed by atoms with van der Waals surface area (Å²) in [6.07, 6.45) is 0. The topological polar surface area (TPSA) is 70.7 Å². The standard InChI is InChI=1S/C15H9ClO4/c16-9-3-1-8(2-4-9)14-13(15(18)19)11-6-5-10(17)7-12(11)20-14/h1-7,17H,(H,18,19). The fourth-order valence-corrected chi connectivity index (χ4v) is 2.23. The summed E-state index contributed by atoms with van der Waals surface area (Å²) in [4.78, 5) is 11.5. The first kappa shape index (κ1) is 12.6. The molecule has 0 aliphatic rings. The highest BCUT2D eigenvalue weighted by atomic mass is 35.5. The highest BCUT2D eigenvalue weighted by molar-refractivity contribution is 6.30. The number of carbonyl (C=O) groups is 1. The molecule has 5 heteroatoms. The SMILES string of the molecule is O=C(O)c1c(-c2ccc(Cl)cc2)oc2cc(O)ccc12. The van der Waals surface area contributed by atoms with Crippen molar-refractivity contribution in [3.8, 4) is 17.1 Å². The van der Waals surface area contributed by atoms with Gasteiger partial charge >= 0.3 is 5.97 Å². The van der Waals surface area contributed by atoms with Crippen molar-refractivity contribution in [1.29, 1.82) is 0 Å². The Labute approximate surface area is 118 Å².